The van der Waals surface area contributed by atoms with Crippen molar-refractivity contribution in [3.63, 3.8) is 0 Å². The first-order valence-corrected chi connectivity index (χ1v) is 17.1. The Labute approximate surface area is 290 Å². The Morgan fingerprint density at radius 3 is 2.55 bits per heavy atom. The summed E-state index contributed by atoms with van der Waals surface area (Å²) < 4.78 is 32.3. The molecule has 2 amide bonds. The van der Waals surface area contributed by atoms with Gasteiger partial charge in [0.2, 0.25) is 0 Å². The predicted molar refractivity (Wildman–Crippen MR) is 181 cm³/mol. The Hall–Kier alpha value is -4.26. The van der Waals surface area contributed by atoms with E-state index < -0.39 is 11.4 Å². The van der Waals surface area contributed by atoms with Gasteiger partial charge in [-0.3, -0.25) is 9.78 Å². The Morgan fingerprint density at radius 1 is 1.14 bits per heavy atom. The Balaban J connectivity index is 1.10. The molecular weight excluding hydrogens is 653 g/mol. The maximum atomic E-state index is 14.2. The van der Waals surface area contributed by atoms with Crippen LogP contribution in [0.2, 0.25) is 5.15 Å². The van der Waals surface area contributed by atoms with E-state index in [-0.39, 0.29) is 58.1 Å². The van der Waals surface area contributed by atoms with E-state index in [1.807, 2.05) is 59.4 Å². The molecule has 4 heterocycles. The molecule has 1 saturated heterocycles. The number of hydrogen-bond acceptors (Lipinski definition) is 10. The number of anilines is 1. The lowest BCUT2D eigenvalue weighted by atomic mass is 9.61. The number of carbonyl (C=O) groups is 2. The highest BCUT2D eigenvalue weighted by atomic mass is 35.5. The number of benzene rings is 1. The summed E-state index contributed by atoms with van der Waals surface area (Å²) in [5.41, 5.74) is 1.40. The van der Waals surface area contributed by atoms with Crippen molar-refractivity contribution in [1.82, 2.24) is 30.0 Å². The first kappa shape index (κ1) is 34.6. The molecule has 6 rings (SSSR count). The third kappa shape index (κ3) is 7.08. The molecule has 1 unspecified atom stereocenters. The highest BCUT2D eigenvalue weighted by molar-refractivity contribution is 6.31. The number of nitrogens with zero attached hydrogens (tertiary/aromatic N) is 7. The molecular formula is C35H43ClFN7O5. The fourth-order valence-corrected chi connectivity index (χ4v) is 7.22. The lowest BCUT2D eigenvalue weighted by Gasteiger charge is -2.58. The van der Waals surface area contributed by atoms with Gasteiger partial charge in [-0.2, -0.15) is 4.98 Å². The van der Waals surface area contributed by atoms with E-state index in [4.69, 9.17) is 25.8 Å². The van der Waals surface area contributed by atoms with Crippen LogP contribution in [0.5, 0.6) is 17.5 Å². The Kier molecular flexibility index (Phi) is 9.33. The zero-order chi connectivity index (χ0) is 35.2. The van der Waals surface area contributed by atoms with Crippen molar-refractivity contribution in [1.29, 1.82) is 0 Å². The van der Waals surface area contributed by atoms with Crippen LogP contribution in [0.4, 0.5) is 15.0 Å². The molecule has 49 heavy (non-hydrogen) atoms. The standard InChI is InChI=1S/C35H43ClFN7O5/c1-8-43(20(2)3)31(45)24-15-22(37)9-10-26(24)48-32-39-30(29(36)40-41-32)42-18-35(19-42)16-23(17-35)47-27-11-13-38-25-12-14-44(21(4)28(25)27)33(46)49-34(5,6)7/h9-11,13,15,20-21,23H,8,12,14,16-19H2,1-7H3. The van der Waals surface area contributed by atoms with Crippen LogP contribution in [0, 0.1) is 11.2 Å². The minimum atomic E-state index is -0.584. The molecule has 2 fully saturated rings. The number of ether oxygens (including phenoxy) is 3. The second kappa shape index (κ2) is 13.2. The van der Waals surface area contributed by atoms with E-state index in [9.17, 15) is 14.0 Å². The van der Waals surface area contributed by atoms with E-state index in [1.54, 1.807) is 16.0 Å². The average Bonchev–Trinajstić information content (AvgIpc) is 2.99. The van der Waals surface area contributed by atoms with Gasteiger partial charge in [0.15, 0.2) is 11.0 Å². The summed E-state index contributed by atoms with van der Waals surface area (Å²) in [6.07, 6.45) is 3.75. The van der Waals surface area contributed by atoms with Gasteiger partial charge < -0.3 is 28.9 Å². The molecule has 12 nitrogen and oxygen atoms in total. The lowest BCUT2D eigenvalue weighted by Crippen LogP contribution is -2.65. The SMILES string of the molecule is CCN(C(=O)c1cc(F)ccc1Oc1nnc(Cl)c(N2CC3(CC(Oc4ccnc5c4C(C)N(C(=O)OC(C)(C)C)CC5)C3)C2)n1)C(C)C. The van der Waals surface area contributed by atoms with Gasteiger partial charge in [0.05, 0.1) is 17.3 Å². The van der Waals surface area contributed by atoms with Crippen molar-refractivity contribution in [3.05, 3.63) is 58.3 Å². The van der Waals surface area contributed by atoms with Crippen LogP contribution in [0.25, 0.3) is 0 Å². The first-order chi connectivity index (χ1) is 23.2. The van der Waals surface area contributed by atoms with Crippen LogP contribution in [0.3, 0.4) is 0 Å². The largest absolute Gasteiger partial charge is 0.490 e. The summed E-state index contributed by atoms with van der Waals surface area (Å²) in [4.78, 5) is 40.7. The van der Waals surface area contributed by atoms with E-state index in [0.29, 0.717) is 38.4 Å². The third-order valence-corrected chi connectivity index (χ3v) is 9.55. The predicted octanol–water partition coefficient (Wildman–Crippen LogP) is 6.62. The smallest absolute Gasteiger partial charge is 0.410 e. The molecule has 1 saturated carbocycles. The molecule has 1 aromatic carbocycles. The van der Waals surface area contributed by atoms with Crippen LogP contribution in [0.15, 0.2) is 30.5 Å². The van der Waals surface area contributed by atoms with E-state index >= 15 is 0 Å². The van der Waals surface area contributed by atoms with Crippen molar-refractivity contribution in [2.75, 3.05) is 31.1 Å². The third-order valence-electron chi connectivity index (χ3n) is 9.31. The highest BCUT2D eigenvalue weighted by Gasteiger charge is 2.54. The minimum Gasteiger partial charge on any atom is -0.490 e. The number of halogens is 2. The van der Waals surface area contributed by atoms with Gasteiger partial charge in [-0.05, 0) is 85.6 Å². The molecule has 2 aliphatic heterocycles. The molecule has 2 aromatic heterocycles. The normalized spacial score (nSPS) is 18.4. The van der Waals surface area contributed by atoms with Gasteiger partial charge in [0.1, 0.15) is 29.0 Å². The zero-order valence-electron chi connectivity index (χ0n) is 29.0. The quantitative estimate of drug-likeness (QED) is 0.254. The summed E-state index contributed by atoms with van der Waals surface area (Å²) >= 11 is 6.43. The average molecular weight is 696 g/mol. The molecule has 262 valence electrons. The molecule has 1 atom stereocenters. The van der Waals surface area contributed by atoms with Crippen LogP contribution in [-0.4, -0.2) is 85.9 Å². The number of hydrogen-bond donors (Lipinski definition) is 0. The maximum Gasteiger partial charge on any atom is 0.410 e. The van der Waals surface area contributed by atoms with Gasteiger partial charge in [-0.1, -0.05) is 16.7 Å². The van der Waals surface area contributed by atoms with E-state index in [2.05, 4.69) is 20.2 Å². The van der Waals surface area contributed by atoms with Crippen LogP contribution in [0.1, 0.15) is 89.0 Å². The first-order valence-electron chi connectivity index (χ1n) is 16.7. The number of fused-ring (bicyclic) bond motifs is 1. The fraction of sp³-hybridized carbons (Fsp3) is 0.543. The molecule has 1 aliphatic carbocycles. The van der Waals surface area contributed by atoms with Crippen LogP contribution in [-0.2, 0) is 11.2 Å². The molecule has 0 N–H and O–H groups in total. The maximum absolute atomic E-state index is 14.2. The second-order valence-electron chi connectivity index (χ2n) is 14.4. The van der Waals surface area contributed by atoms with Gasteiger partial charge in [-0.25, -0.2) is 9.18 Å². The highest BCUT2D eigenvalue weighted by Crippen LogP contribution is 2.52. The number of carbonyl (C=O) groups excluding carboxylic acids is 2. The molecule has 1 spiro atoms. The van der Waals surface area contributed by atoms with E-state index in [1.165, 1.54) is 12.1 Å². The monoisotopic (exact) mass is 695 g/mol. The lowest BCUT2D eigenvalue weighted by molar-refractivity contribution is -0.0356. The molecule has 0 bridgehead atoms. The fourth-order valence-electron chi connectivity index (χ4n) is 7.02. The summed E-state index contributed by atoms with van der Waals surface area (Å²) in [6, 6.07) is 5.22. The number of aromatic nitrogens is 4. The Bertz CT molecular complexity index is 1740. The van der Waals surface area contributed by atoms with Crippen molar-refractivity contribution < 1.29 is 28.2 Å². The minimum absolute atomic E-state index is 0.0126. The summed E-state index contributed by atoms with van der Waals surface area (Å²) in [5.74, 6) is 0.388. The molecule has 3 aliphatic rings. The Morgan fingerprint density at radius 2 is 1.88 bits per heavy atom. The van der Waals surface area contributed by atoms with Crippen molar-refractivity contribution in [2.24, 2.45) is 5.41 Å². The van der Waals surface area contributed by atoms with E-state index in [0.717, 1.165) is 35.9 Å². The van der Waals surface area contributed by atoms with Gasteiger partial charge in [0.25, 0.3) is 5.91 Å². The number of pyridine rings is 1. The molecule has 3 aromatic rings. The zero-order valence-corrected chi connectivity index (χ0v) is 29.8. The summed E-state index contributed by atoms with van der Waals surface area (Å²) in [6.45, 7) is 15.6. The van der Waals surface area contributed by atoms with Gasteiger partial charge in [0, 0.05) is 55.8 Å². The van der Waals surface area contributed by atoms with Gasteiger partial charge >= 0.3 is 12.1 Å². The molecule has 14 heteroatoms. The van der Waals surface area contributed by atoms with Crippen molar-refractivity contribution in [2.45, 2.75) is 91.5 Å². The van der Waals surface area contributed by atoms with Crippen LogP contribution < -0.4 is 14.4 Å². The summed E-state index contributed by atoms with van der Waals surface area (Å²) in [5, 5.41) is 8.16. The summed E-state index contributed by atoms with van der Waals surface area (Å²) in [7, 11) is 0. The van der Waals surface area contributed by atoms with Crippen molar-refractivity contribution >= 4 is 29.4 Å². The van der Waals surface area contributed by atoms with Gasteiger partial charge in [-0.15, -0.1) is 5.10 Å². The number of rotatable bonds is 8. The number of amides is 2. The second-order valence-corrected chi connectivity index (χ2v) is 14.8. The van der Waals surface area contributed by atoms with Crippen LogP contribution >= 0.6 is 11.6 Å². The van der Waals surface area contributed by atoms with Crippen molar-refractivity contribution in [3.8, 4) is 17.5 Å². The topological polar surface area (TPSA) is 123 Å². The molecule has 0 radical (unpaired) electrons.